The molecular weight excluding hydrogens is 428 g/mol. The number of benzene rings is 2. The molecule has 0 spiro atoms. The van der Waals surface area contributed by atoms with Gasteiger partial charge in [-0.1, -0.05) is 47.7 Å². The normalized spacial score (nSPS) is 15.8. The van der Waals surface area contributed by atoms with Gasteiger partial charge in [-0.3, -0.25) is 9.36 Å². The predicted octanol–water partition coefficient (Wildman–Crippen LogP) is 2.43. The van der Waals surface area contributed by atoms with Gasteiger partial charge in [-0.05, 0) is 36.3 Å². The van der Waals surface area contributed by atoms with Crippen LogP contribution in [-0.4, -0.2) is 31.9 Å². The third kappa shape index (κ3) is 3.73. The van der Waals surface area contributed by atoms with Crippen molar-refractivity contribution in [3.63, 3.8) is 0 Å². The maximum absolute atomic E-state index is 13.5. The fourth-order valence-corrected chi connectivity index (χ4v) is 4.78. The van der Waals surface area contributed by atoms with E-state index in [1.807, 2.05) is 36.4 Å². The van der Waals surface area contributed by atoms with E-state index in [0.29, 0.717) is 32.1 Å². The lowest BCUT2D eigenvalue weighted by Gasteiger charge is -2.24. The van der Waals surface area contributed by atoms with Gasteiger partial charge in [0.15, 0.2) is 16.3 Å². The molecule has 8 heteroatoms. The molecule has 0 amide bonds. The summed E-state index contributed by atoms with van der Waals surface area (Å²) in [6.45, 7) is 1.76. The Labute approximate surface area is 188 Å². The van der Waals surface area contributed by atoms with E-state index in [-0.39, 0.29) is 5.56 Å². The zero-order valence-corrected chi connectivity index (χ0v) is 18.9. The number of hydrogen-bond donors (Lipinski definition) is 0. The summed E-state index contributed by atoms with van der Waals surface area (Å²) in [5.41, 5.74) is 2.24. The maximum atomic E-state index is 13.5. The van der Waals surface area contributed by atoms with Gasteiger partial charge in [0.2, 0.25) is 0 Å². The molecule has 1 unspecified atom stereocenters. The van der Waals surface area contributed by atoms with Crippen molar-refractivity contribution in [2.75, 3.05) is 21.3 Å². The number of nitrogens with zero attached hydrogens (tertiary/aromatic N) is 2. The number of carbonyl (C=O) groups excluding carboxylic acids is 1. The molecule has 32 heavy (non-hydrogen) atoms. The average molecular weight is 451 g/mol. The van der Waals surface area contributed by atoms with Crippen LogP contribution in [-0.2, 0) is 9.53 Å². The summed E-state index contributed by atoms with van der Waals surface area (Å²) in [4.78, 5) is 31.2. The van der Waals surface area contributed by atoms with Crippen LogP contribution in [0.2, 0.25) is 0 Å². The minimum Gasteiger partial charge on any atom is -0.493 e. The Balaban J connectivity index is 1.93. The molecule has 7 nitrogen and oxygen atoms in total. The molecule has 0 saturated carbocycles. The SMILES string of the molecule is COC(=O)C1=C(C)N=c2s/c(=C/c3ccc(OC)c(OC)c3)c(=O)n2C1c1ccccc1. The second-order valence-electron chi connectivity index (χ2n) is 7.10. The Morgan fingerprint density at radius 2 is 1.78 bits per heavy atom. The Morgan fingerprint density at radius 1 is 1.06 bits per heavy atom. The largest absolute Gasteiger partial charge is 0.493 e. The van der Waals surface area contributed by atoms with Crippen molar-refractivity contribution < 1.29 is 19.0 Å². The van der Waals surface area contributed by atoms with E-state index in [2.05, 4.69) is 4.99 Å². The number of hydrogen-bond acceptors (Lipinski definition) is 7. The molecule has 0 saturated heterocycles. The van der Waals surface area contributed by atoms with Gasteiger partial charge >= 0.3 is 5.97 Å². The summed E-state index contributed by atoms with van der Waals surface area (Å²) in [5, 5.41) is 0. The highest BCUT2D eigenvalue weighted by molar-refractivity contribution is 7.07. The van der Waals surface area contributed by atoms with Crippen LogP contribution in [0.5, 0.6) is 11.5 Å². The number of allylic oxidation sites excluding steroid dienone is 1. The van der Waals surface area contributed by atoms with Gasteiger partial charge in [-0.2, -0.15) is 0 Å². The molecule has 0 radical (unpaired) electrons. The lowest BCUT2D eigenvalue weighted by atomic mass is 9.96. The first-order chi connectivity index (χ1) is 15.5. The second kappa shape index (κ2) is 8.84. The maximum Gasteiger partial charge on any atom is 0.338 e. The fourth-order valence-electron chi connectivity index (χ4n) is 3.74. The topological polar surface area (TPSA) is 79.1 Å². The van der Waals surface area contributed by atoms with Crippen molar-refractivity contribution in [2.45, 2.75) is 13.0 Å². The van der Waals surface area contributed by atoms with Crippen LogP contribution in [0.15, 0.2) is 69.6 Å². The summed E-state index contributed by atoms with van der Waals surface area (Å²) in [7, 11) is 4.46. The minimum absolute atomic E-state index is 0.230. The number of methoxy groups -OCH3 is 3. The summed E-state index contributed by atoms with van der Waals surface area (Å²) < 4.78 is 17.7. The quantitative estimate of drug-likeness (QED) is 0.558. The van der Waals surface area contributed by atoms with Crippen LogP contribution in [0.1, 0.15) is 24.1 Å². The molecule has 164 valence electrons. The molecule has 3 aromatic rings. The van der Waals surface area contributed by atoms with E-state index < -0.39 is 12.0 Å². The molecule has 1 aromatic heterocycles. The molecule has 2 heterocycles. The first-order valence-corrected chi connectivity index (χ1v) is 10.7. The zero-order chi connectivity index (χ0) is 22.8. The highest BCUT2D eigenvalue weighted by atomic mass is 32.1. The number of fused-ring (bicyclic) bond motifs is 1. The van der Waals surface area contributed by atoms with Gasteiger partial charge in [0.25, 0.3) is 5.56 Å². The van der Waals surface area contributed by atoms with Crippen LogP contribution < -0.4 is 24.4 Å². The smallest absolute Gasteiger partial charge is 0.338 e. The first-order valence-electron chi connectivity index (χ1n) is 9.86. The zero-order valence-electron chi connectivity index (χ0n) is 18.1. The monoisotopic (exact) mass is 450 g/mol. The van der Waals surface area contributed by atoms with Gasteiger partial charge in [0, 0.05) is 0 Å². The van der Waals surface area contributed by atoms with Crippen molar-refractivity contribution >= 4 is 23.4 Å². The molecule has 0 bridgehead atoms. The van der Waals surface area contributed by atoms with Gasteiger partial charge in [0.1, 0.15) is 0 Å². The molecule has 1 aliphatic heterocycles. The van der Waals surface area contributed by atoms with Crippen LogP contribution in [0.25, 0.3) is 6.08 Å². The van der Waals surface area contributed by atoms with Crippen LogP contribution in [0.4, 0.5) is 0 Å². The van der Waals surface area contributed by atoms with E-state index in [0.717, 1.165) is 11.1 Å². The number of esters is 1. The summed E-state index contributed by atoms with van der Waals surface area (Å²) >= 11 is 1.27. The van der Waals surface area contributed by atoms with Gasteiger partial charge in [0.05, 0.1) is 43.2 Å². The summed E-state index contributed by atoms with van der Waals surface area (Å²) in [6, 6.07) is 14.2. The highest BCUT2D eigenvalue weighted by Gasteiger charge is 2.32. The summed E-state index contributed by atoms with van der Waals surface area (Å²) in [6.07, 6.45) is 1.78. The predicted molar refractivity (Wildman–Crippen MR) is 122 cm³/mol. The van der Waals surface area contributed by atoms with Crippen molar-refractivity contribution in [3.05, 3.63) is 90.6 Å². The molecule has 1 aliphatic rings. The molecular formula is C24H22N2O5S. The van der Waals surface area contributed by atoms with Crippen molar-refractivity contribution in [3.8, 4) is 11.5 Å². The second-order valence-corrected chi connectivity index (χ2v) is 8.11. The van der Waals surface area contributed by atoms with Crippen LogP contribution in [0, 0.1) is 0 Å². The molecule has 0 aliphatic carbocycles. The molecule has 1 atom stereocenters. The molecule has 0 N–H and O–H groups in total. The van der Waals surface area contributed by atoms with Crippen molar-refractivity contribution in [1.29, 1.82) is 0 Å². The van der Waals surface area contributed by atoms with Gasteiger partial charge < -0.3 is 14.2 Å². The highest BCUT2D eigenvalue weighted by Crippen LogP contribution is 2.30. The Morgan fingerprint density at radius 3 is 2.44 bits per heavy atom. The number of aromatic nitrogens is 1. The average Bonchev–Trinajstić information content (AvgIpc) is 3.12. The first kappa shape index (κ1) is 21.6. The lowest BCUT2D eigenvalue weighted by molar-refractivity contribution is -0.136. The minimum atomic E-state index is -0.618. The van der Waals surface area contributed by atoms with E-state index in [9.17, 15) is 9.59 Å². The van der Waals surface area contributed by atoms with Gasteiger partial charge in [-0.15, -0.1) is 0 Å². The summed E-state index contributed by atoms with van der Waals surface area (Å²) in [5.74, 6) is 0.669. The third-order valence-corrected chi connectivity index (χ3v) is 6.23. The van der Waals surface area contributed by atoms with Crippen molar-refractivity contribution in [2.24, 2.45) is 4.99 Å². The van der Waals surface area contributed by atoms with E-state index in [1.54, 1.807) is 43.9 Å². The standard InChI is InChI=1S/C24H22N2O5S/c1-14-20(23(28)31-4)21(16-8-6-5-7-9-16)26-22(27)19(32-24(26)25-14)13-15-10-11-17(29-2)18(12-15)30-3/h5-13,21H,1-4H3/b19-13+. The van der Waals surface area contributed by atoms with Crippen molar-refractivity contribution in [1.82, 2.24) is 4.57 Å². The lowest BCUT2D eigenvalue weighted by Crippen LogP contribution is -2.39. The number of ether oxygens (including phenoxy) is 3. The molecule has 0 fully saturated rings. The molecule has 4 rings (SSSR count). The van der Waals surface area contributed by atoms with Gasteiger partial charge in [-0.25, -0.2) is 9.79 Å². The Hall–Kier alpha value is -3.65. The van der Waals surface area contributed by atoms with E-state index in [1.165, 1.54) is 18.4 Å². The van der Waals surface area contributed by atoms with E-state index in [4.69, 9.17) is 14.2 Å². The Kier molecular flexibility index (Phi) is 5.96. The number of rotatable bonds is 5. The van der Waals surface area contributed by atoms with E-state index >= 15 is 0 Å². The molecule has 2 aromatic carbocycles. The number of carbonyl (C=O) groups is 1. The Bertz CT molecular complexity index is 1390. The number of thiazole rings is 1. The fraction of sp³-hybridized carbons (Fsp3) is 0.208. The van der Waals surface area contributed by atoms with Crippen LogP contribution in [0.3, 0.4) is 0 Å². The third-order valence-electron chi connectivity index (χ3n) is 5.25. The van der Waals surface area contributed by atoms with Crippen LogP contribution >= 0.6 is 11.3 Å².